The van der Waals surface area contributed by atoms with Crippen LogP contribution in [0.15, 0.2) is 12.4 Å². The fourth-order valence-electron chi connectivity index (χ4n) is 2.63. The van der Waals surface area contributed by atoms with Crippen LogP contribution in [0.1, 0.15) is 45.0 Å². The first-order valence-electron chi connectivity index (χ1n) is 7.59. The third-order valence-corrected chi connectivity index (χ3v) is 3.47. The van der Waals surface area contributed by atoms with E-state index in [1.165, 1.54) is 0 Å². The molecule has 0 aliphatic carbocycles. The van der Waals surface area contributed by atoms with Crippen LogP contribution in [-0.2, 0) is 11.2 Å². The molecule has 1 aromatic rings. The smallest absolute Gasteiger partial charge is 0.410 e. The van der Waals surface area contributed by atoms with Gasteiger partial charge in [-0.15, -0.1) is 0 Å². The van der Waals surface area contributed by atoms with Crippen LogP contribution in [0.5, 0.6) is 0 Å². The van der Waals surface area contributed by atoms with Gasteiger partial charge in [0.2, 0.25) is 0 Å². The topological polar surface area (TPSA) is 55.3 Å². The van der Waals surface area contributed by atoms with Gasteiger partial charge in [-0.1, -0.05) is 0 Å². The number of nitrogens with zero attached hydrogens (tertiary/aromatic N) is 3. The maximum atomic E-state index is 12.1. The number of ether oxygens (including phenoxy) is 1. The molecule has 1 amide bonds. The van der Waals surface area contributed by atoms with Gasteiger partial charge in [-0.25, -0.2) is 4.79 Å². The van der Waals surface area contributed by atoms with E-state index in [1.807, 2.05) is 38.8 Å². The third-order valence-electron chi connectivity index (χ3n) is 3.47. The molecule has 21 heavy (non-hydrogen) atoms. The number of rotatable bonds is 2. The van der Waals surface area contributed by atoms with Crippen molar-refractivity contribution in [2.75, 3.05) is 13.1 Å². The van der Waals surface area contributed by atoms with Gasteiger partial charge < -0.3 is 9.64 Å². The molecule has 0 N–H and O–H groups in total. The molecule has 0 aromatic carbocycles. The molecule has 2 heterocycles. The van der Waals surface area contributed by atoms with Gasteiger partial charge in [0.1, 0.15) is 5.60 Å². The molecule has 1 unspecified atom stereocenters. The molecule has 0 saturated carbocycles. The Morgan fingerprint density at radius 3 is 2.86 bits per heavy atom. The summed E-state index contributed by atoms with van der Waals surface area (Å²) in [4.78, 5) is 22.6. The number of piperidine rings is 1. The third kappa shape index (κ3) is 4.99. The summed E-state index contributed by atoms with van der Waals surface area (Å²) < 4.78 is 5.45. The van der Waals surface area contributed by atoms with Gasteiger partial charge in [0, 0.05) is 25.5 Å². The van der Waals surface area contributed by atoms with Crippen molar-refractivity contribution in [1.29, 1.82) is 0 Å². The van der Waals surface area contributed by atoms with Crippen LogP contribution in [0.25, 0.3) is 0 Å². The molecule has 0 spiro atoms. The van der Waals surface area contributed by atoms with Crippen molar-refractivity contribution in [3.63, 3.8) is 0 Å². The van der Waals surface area contributed by atoms with Crippen molar-refractivity contribution >= 4 is 6.09 Å². The van der Waals surface area contributed by atoms with Crippen LogP contribution >= 0.6 is 0 Å². The molecular formula is C16H25N3O2. The highest BCUT2D eigenvalue weighted by Crippen LogP contribution is 2.22. The van der Waals surface area contributed by atoms with E-state index in [9.17, 15) is 4.79 Å². The standard InChI is InChI=1S/C16H25N3O2/c1-12-9-17-10-14(18-12)8-13-6-5-7-19(11-13)15(20)21-16(2,3)4/h9-10,13H,5-8,11H2,1-4H3. The fraction of sp³-hybridized carbons (Fsp3) is 0.688. The SMILES string of the molecule is Cc1cncc(CC2CCCN(C(=O)OC(C)(C)C)C2)n1. The van der Waals surface area contributed by atoms with Gasteiger partial charge in [-0.05, 0) is 52.9 Å². The molecule has 1 saturated heterocycles. The van der Waals surface area contributed by atoms with Crippen LogP contribution in [0.3, 0.4) is 0 Å². The summed E-state index contributed by atoms with van der Waals surface area (Å²) in [5.41, 5.74) is 1.50. The molecule has 1 aromatic heterocycles. The van der Waals surface area contributed by atoms with E-state index in [0.29, 0.717) is 5.92 Å². The summed E-state index contributed by atoms with van der Waals surface area (Å²) in [6, 6.07) is 0. The first-order valence-corrected chi connectivity index (χ1v) is 7.59. The molecular weight excluding hydrogens is 266 g/mol. The highest BCUT2D eigenvalue weighted by molar-refractivity contribution is 5.68. The van der Waals surface area contributed by atoms with E-state index in [0.717, 1.165) is 43.7 Å². The van der Waals surface area contributed by atoms with Crippen molar-refractivity contribution in [3.8, 4) is 0 Å². The molecule has 0 radical (unpaired) electrons. The van der Waals surface area contributed by atoms with E-state index in [1.54, 1.807) is 6.20 Å². The van der Waals surface area contributed by atoms with Crippen LogP contribution in [0.4, 0.5) is 4.79 Å². The second kappa shape index (κ2) is 6.41. The largest absolute Gasteiger partial charge is 0.444 e. The minimum atomic E-state index is -0.438. The number of hydrogen-bond donors (Lipinski definition) is 0. The summed E-state index contributed by atoms with van der Waals surface area (Å²) in [6.45, 7) is 9.16. The van der Waals surface area contributed by atoms with E-state index >= 15 is 0 Å². The number of likely N-dealkylation sites (tertiary alicyclic amines) is 1. The summed E-state index contributed by atoms with van der Waals surface area (Å²) in [5.74, 6) is 0.433. The number of aromatic nitrogens is 2. The number of carbonyl (C=O) groups is 1. The van der Waals surface area contributed by atoms with Crippen molar-refractivity contribution < 1.29 is 9.53 Å². The number of carbonyl (C=O) groups excluding carboxylic acids is 1. The molecule has 5 nitrogen and oxygen atoms in total. The first-order chi connectivity index (χ1) is 9.83. The molecule has 1 aliphatic rings. The van der Waals surface area contributed by atoms with Crippen LogP contribution in [0.2, 0.25) is 0 Å². The number of amides is 1. The monoisotopic (exact) mass is 291 g/mol. The van der Waals surface area contributed by atoms with Crippen LogP contribution in [-0.4, -0.2) is 39.7 Å². The van der Waals surface area contributed by atoms with E-state index in [-0.39, 0.29) is 6.09 Å². The average Bonchev–Trinajstić information content (AvgIpc) is 2.37. The van der Waals surface area contributed by atoms with Gasteiger partial charge in [-0.2, -0.15) is 0 Å². The normalized spacial score (nSPS) is 19.4. The maximum Gasteiger partial charge on any atom is 0.410 e. The first kappa shape index (κ1) is 15.7. The molecule has 1 fully saturated rings. The second-order valence-corrected chi connectivity index (χ2v) is 6.79. The predicted molar refractivity (Wildman–Crippen MR) is 81.0 cm³/mol. The van der Waals surface area contributed by atoms with Crippen molar-refractivity contribution in [3.05, 3.63) is 23.8 Å². The zero-order valence-corrected chi connectivity index (χ0v) is 13.4. The van der Waals surface area contributed by atoms with Crippen LogP contribution < -0.4 is 0 Å². The Morgan fingerprint density at radius 2 is 2.19 bits per heavy atom. The molecule has 0 bridgehead atoms. The lowest BCUT2D eigenvalue weighted by Crippen LogP contribution is -2.43. The Kier molecular flexibility index (Phi) is 4.80. The maximum absolute atomic E-state index is 12.1. The van der Waals surface area contributed by atoms with Crippen LogP contribution in [0, 0.1) is 12.8 Å². The lowest BCUT2D eigenvalue weighted by atomic mass is 9.94. The summed E-state index contributed by atoms with van der Waals surface area (Å²) in [7, 11) is 0. The van der Waals surface area contributed by atoms with Gasteiger partial charge in [0.15, 0.2) is 0 Å². The van der Waals surface area contributed by atoms with Crippen molar-refractivity contribution in [2.24, 2.45) is 5.92 Å². The second-order valence-electron chi connectivity index (χ2n) is 6.79. The Labute approximate surface area is 126 Å². The van der Waals surface area contributed by atoms with Gasteiger partial charge in [-0.3, -0.25) is 9.97 Å². The van der Waals surface area contributed by atoms with E-state index in [4.69, 9.17) is 4.74 Å². The lowest BCUT2D eigenvalue weighted by molar-refractivity contribution is 0.0165. The minimum Gasteiger partial charge on any atom is -0.444 e. The quantitative estimate of drug-likeness (QED) is 0.840. The van der Waals surface area contributed by atoms with E-state index in [2.05, 4.69) is 9.97 Å². The van der Waals surface area contributed by atoms with E-state index < -0.39 is 5.60 Å². The zero-order chi connectivity index (χ0) is 15.5. The Hall–Kier alpha value is -1.65. The summed E-state index contributed by atoms with van der Waals surface area (Å²) in [6.07, 6.45) is 6.38. The molecule has 5 heteroatoms. The minimum absolute atomic E-state index is 0.206. The molecule has 1 atom stereocenters. The average molecular weight is 291 g/mol. The number of hydrogen-bond acceptors (Lipinski definition) is 4. The number of aryl methyl sites for hydroxylation is 1. The molecule has 1 aliphatic heterocycles. The van der Waals surface area contributed by atoms with Gasteiger partial charge in [0.05, 0.1) is 11.4 Å². The Morgan fingerprint density at radius 1 is 1.43 bits per heavy atom. The molecule has 2 rings (SSSR count). The van der Waals surface area contributed by atoms with Crippen molar-refractivity contribution in [1.82, 2.24) is 14.9 Å². The van der Waals surface area contributed by atoms with Gasteiger partial charge in [0.25, 0.3) is 0 Å². The highest BCUT2D eigenvalue weighted by atomic mass is 16.6. The Bertz CT molecular complexity index is 497. The molecule has 116 valence electrons. The fourth-order valence-corrected chi connectivity index (χ4v) is 2.63. The summed E-state index contributed by atoms with van der Waals surface area (Å²) >= 11 is 0. The lowest BCUT2D eigenvalue weighted by Gasteiger charge is -2.34. The van der Waals surface area contributed by atoms with Gasteiger partial charge >= 0.3 is 6.09 Å². The van der Waals surface area contributed by atoms with Crippen molar-refractivity contribution in [2.45, 2.75) is 52.6 Å². The highest BCUT2D eigenvalue weighted by Gasteiger charge is 2.27. The predicted octanol–water partition coefficient (Wildman–Crippen LogP) is 2.97. The zero-order valence-electron chi connectivity index (χ0n) is 13.4. The summed E-state index contributed by atoms with van der Waals surface area (Å²) in [5, 5.41) is 0. The Balaban J connectivity index is 1.93.